The molecule has 4 nitrogen and oxygen atoms in total. The molecule has 0 atom stereocenters. The van der Waals surface area contributed by atoms with E-state index in [1.807, 2.05) is 13.0 Å². The summed E-state index contributed by atoms with van der Waals surface area (Å²) in [5.41, 5.74) is 6.76. The van der Waals surface area contributed by atoms with Crippen LogP contribution >= 0.6 is 12.4 Å². The van der Waals surface area contributed by atoms with Crippen LogP contribution in [0.3, 0.4) is 0 Å². The predicted octanol–water partition coefficient (Wildman–Crippen LogP) is 2.72. The van der Waals surface area contributed by atoms with Crippen LogP contribution in [0.1, 0.15) is 18.1 Å². The molecule has 0 bridgehead atoms. The van der Waals surface area contributed by atoms with E-state index in [1.165, 1.54) is 5.56 Å². The van der Waals surface area contributed by atoms with E-state index in [-0.39, 0.29) is 12.4 Å². The lowest BCUT2D eigenvalue weighted by atomic mass is 10.1. The monoisotopic (exact) mass is 264 g/mol. The highest BCUT2D eigenvalue weighted by Gasteiger charge is 2.04. The van der Waals surface area contributed by atoms with Crippen molar-refractivity contribution < 1.29 is 0 Å². The van der Waals surface area contributed by atoms with Gasteiger partial charge in [0.25, 0.3) is 0 Å². The van der Waals surface area contributed by atoms with Crippen molar-refractivity contribution in [3.8, 4) is 11.3 Å². The molecule has 1 heterocycles. The third-order valence-corrected chi connectivity index (χ3v) is 2.78. The zero-order valence-electron chi connectivity index (χ0n) is 10.5. The molecule has 96 valence electrons. The number of nitrogens with zero attached hydrogens (tertiary/aromatic N) is 2. The van der Waals surface area contributed by atoms with Gasteiger partial charge in [0.1, 0.15) is 0 Å². The second-order valence-electron chi connectivity index (χ2n) is 3.96. The Balaban J connectivity index is 0.00000162. The molecule has 1 aromatic heterocycles. The van der Waals surface area contributed by atoms with Crippen molar-refractivity contribution in [2.24, 2.45) is 5.84 Å². The first-order valence-electron chi connectivity index (χ1n) is 5.65. The Bertz CT molecular complexity index is 511. The number of hydrogen-bond donors (Lipinski definition) is 2. The lowest BCUT2D eigenvalue weighted by Gasteiger charge is -2.06. The van der Waals surface area contributed by atoms with Gasteiger partial charge in [0.2, 0.25) is 0 Å². The number of hydrazine groups is 1. The molecule has 2 rings (SSSR count). The van der Waals surface area contributed by atoms with E-state index < -0.39 is 0 Å². The third kappa shape index (κ3) is 2.97. The highest BCUT2D eigenvalue weighted by atomic mass is 35.5. The summed E-state index contributed by atoms with van der Waals surface area (Å²) in [5, 5.41) is 8.17. The number of halogens is 1. The lowest BCUT2D eigenvalue weighted by Crippen LogP contribution is -2.11. The molecule has 0 aliphatic carbocycles. The average molecular weight is 265 g/mol. The van der Waals surface area contributed by atoms with Crippen molar-refractivity contribution in [1.82, 2.24) is 10.2 Å². The summed E-state index contributed by atoms with van der Waals surface area (Å²) in [6.45, 7) is 4.09. The van der Waals surface area contributed by atoms with Crippen LogP contribution in [0.25, 0.3) is 11.3 Å². The van der Waals surface area contributed by atoms with E-state index >= 15 is 0 Å². The van der Waals surface area contributed by atoms with E-state index in [0.717, 1.165) is 23.2 Å². The van der Waals surface area contributed by atoms with Gasteiger partial charge in [-0.2, -0.15) is 0 Å². The van der Waals surface area contributed by atoms with Gasteiger partial charge >= 0.3 is 0 Å². The maximum Gasteiger partial charge on any atom is 0.165 e. The van der Waals surface area contributed by atoms with Gasteiger partial charge in [-0.1, -0.05) is 31.2 Å². The van der Waals surface area contributed by atoms with Gasteiger partial charge in [-0.05, 0) is 30.5 Å². The van der Waals surface area contributed by atoms with Gasteiger partial charge < -0.3 is 5.43 Å². The predicted molar refractivity (Wildman–Crippen MR) is 76.6 cm³/mol. The molecule has 0 amide bonds. The van der Waals surface area contributed by atoms with Gasteiger partial charge in [0.15, 0.2) is 5.82 Å². The second-order valence-corrected chi connectivity index (χ2v) is 3.96. The summed E-state index contributed by atoms with van der Waals surface area (Å²) >= 11 is 0. The third-order valence-electron chi connectivity index (χ3n) is 2.78. The summed E-state index contributed by atoms with van der Waals surface area (Å²) in [5.74, 6) is 5.93. The molecule has 0 radical (unpaired) electrons. The van der Waals surface area contributed by atoms with E-state index in [4.69, 9.17) is 5.84 Å². The number of rotatable bonds is 3. The van der Waals surface area contributed by atoms with E-state index in [9.17, 15) is 0 Å². The highest BCUT2D eigenvalue weighted by Crippen LogP contribution is 2.20. The van der Waals surface area contributed by atoms with Crippen molar-refractivity contribution in [2.45, 2.75) is 20.3 Å². The number of anilines is 1. The first kappa shape index (κ1) is 14.4. The minimum absolute atomic E-state index is 0. The van der Waals surface area contributed by atoms with E-state index in [0.29, 0.717) is 5.82 Å². The molecule has 0 unspecified atom stereocenters. The molecule has 0 fully saturated rings. The Morgan fingerprint density at radius 1 is 1.17 bits per heavy atom. The molecule has 0 aliphatic rings. The molecule has 18 heavy (non-hydrogen) atoms. The summed E-state index contributed by atoms with van der Waals surface area (Å²) < 4.78 is 0. The van der Waals surface area contributed by atoms with Gasteiger partial charge in [0.05, 0.1) is 5.69 Å². The Morgan fingerprint density at radius 2 is 1.83 bits per heavy atom. The summed E-state index contributed by atoms with van der Waals surface area (Å²) in [4.78, 5) is 0. The molecule has 3 N–H and O–H groups in total. The Labute approximate surface area is 113 Å². The Kier molecular flexibility index (Phi) is 5.07. The zero-order valence-corrected chi connectivity index (χ0v) is 11.3. The first-order valence-corrected chi connectivity index (χ1v) is 5.65. The smallest absolute Gasteiger partial charge is 0.165 e. The number of hydrogen-bond acceptors (Lipinski definition) is 4. The minimum atomic E-state index is 0. The standard InChI is InChI=1S/C13H16N4.ClH/c1-3-10-4-6-11(7-5-10)12-8-9(2)13(15-14)17-16-12;/h4-8H,3,14H2,1-2H3,(H,15,17);1H. The van der Waals surface area contributed by atoms with E-state index in [1.54, 1.807) is 0 Å². The van der Waals surface area contributed by atoms with Crippen LogP contribution in [0.2, 0.25) is 0 Å². The Hall–Kier alpha value is -1.65. The van der Waals surface area contributed by atoms with Gasteiger partial charge in [-0.3, -0.25) is 0 Å². The van der Waals surface area contributed by atoms with Crippen LogP contribution in [0.15, 0.2) is 30.3 Å². The van der Waals surface area contributed by atoms with Crippen LogP contribution in [-0.2, 0) is 6.42 Å². The van der Waals surface area contributed by atoms with Crippen molar-refractivity contribution in [2.75, 3.05) is 5.43 Å². The maximum atomic E-state index is 5.32. The lowest BCUT2D eigenvalue weighted by molar-refractivity contribution is 1.01. The zero-order chi connectivity index (χ0) is 12.3. The maximum absolute atomic E-state index is 5.32. The molecule has 1 aromatic carbocycles. The molecule has 0 saturated heterocycles. The van der Waals surface area contributed by atoms with E-state index in [2.05, 4.69) is 46.8 Å². The molecule has 2 aromatic rings. The minimum Gasteiger partial charge on any atom is -0.307 e. The van der Waals surface area contributed by atoms with Gasteiger partial charge in [-0.25, -0.2) is 5.84 Å². The first-order chi connectivity index (χ1) is 8.24. The normalized spacial score (nSPS) is 9.72. The van der Waals surface area contributed by atoms with Crippen molar-refractivity contribution >= 4 is 18.2 Å². The van der Waals surface area contributed by atoms with Crippen LogP contribution in [0.4, 0.5) is 5.82 Å². The molecular formula is C13H17ClN4. The van der Waals surface area contributed by atoms with Crippen LogP contribution in [-0.4, -0.2) is 10.2 Å². The summed E-state index contributed by atoms with van der Waals surface area (Å²) in [6, 6.07) is 10.3. The fourth-order valence-electron chi connectivity index (χ4n) is 1.68. The number of aromatic nitrogens is 2. The largest absolute Gasteiger partial charge is 0.307 e. The van der Waals surface area contributed by atoms with Gasteiger partial charge in [0, 0.05) is 5.56 Å². The number of benzene rings is 1. The number of aryl methyl sites for hydroxylation is 2. The Morgan fingerprint density at radius 3 is 2.33 bits per heavy atom. The second kappa shape index (κ2) is 6.33. The highest BCUT2D eigenvalue weighted by molar-refractivity contribution is 5.85. The fourth-order valence-corrected chi connectivity index (χ4v) is 1.68. The molecule has 5 heteroatoms. The van der Waals surface area contributed by atoms with Crippen molar-refractivity contribution in [3.05, 3.63) is 41.5 Å². The molecule has 0 saturated carbocycles. The van der Waals surface area contributed by atoms with Crippen molar-refractivity contribution in [1.29, 1.82) is 0 Å². The van der Waals surface area contributed by atoms with Crippen LogP contribution < -0.4 is 11.3 Å². The number of nitrogen functional groups attached to an aromatic ring is 1. The average Bonchev–Trinajstić information content (AvgIpc) is 2.39. The number of nitrogens with one attached hydrogen (secondary N) is 1. The summed E-state index contributed by atoms with van der Waals surface area (Å²) in [6.07, 6.45) is 1.04. The molecular weight excluding hydrogens is 248 g/mol. The topological polar surface area (TPSA) is 63.8 Å². The van der Waals surface area contributed by atoms with Crippen LogP contribution in [0, 0.1) is 6.92 Å². The van der Waals surface area contributed by atoms with Crippen LogP contribution in [0.5, 0.6) is 0 Å². The summed E-state index contributed by atoms with van der Waals surface area (Å²) in [7, 11) is 0. The SMILES string of the molecule is CCc1ccc(-c2cc(C)c(NN)nn2)cc1.Cl. The molecule has 0 spiro atoms. The fraction of sp³-hybridized carbons (Fsp3) is 0.231. The number of nitrogens with two attached hydrogens (primary N) is 1. The quantitative estimate of drug-likeness (QED) is 0.661. The van der Waals surface area contributed by atoms with Gasteiger partial charge in [-0.15, -0.1) is 22.6 Å². The molecule has 0 aliphatic heterocycles. The van der Waals surface area contributed by atoms with Crippen molar-refractivity contribution in [3.63, 3.8) is 0 Å².